The highest BCUT2D eigenvalue weighted by Crippen LogP contribution is 2.30. The van der Waals surface area contributed by atoms with Gasteiger partial charge in [-0.05, 0) is 34.1 Å². The molecule has 0 aliphatic rings. The minimum absolute atomic E-state index is 0.268. The van der Waals surface area contributed by atoms with Gasteiger partial charge in [-0.15, -0.1) is 21.5 Å². The Morgan fingerprint density at radius 1 is 1.21 bits per heavy atom. The third-order valence-corrected chi connectivity index (χ3v) is 3.33. The van der Waals surface area contributed by atoms with Crippen molar-refractivity contribution in [3.8, 4) is 10.6 Å². The number of anilines is 2. The number of hydrogen-bond donors (Lipinski definition) is 2. The average Bonchev–Trinajstić information content (AvgIpc) is 2.57. The van der Waals surface area contributed by atoms with Crippen LogP contribution in [0.1, 0.15) is 0 Å². The van der Waals surface area contributed by atoms with Gasteiger partial charge in [0.05, 0.1) is 14.4 Å². The van der Waals surface area contributed by atoms with Crippen LogP contribution in [0.2, 0.25) is 0 Å². The summed E-state index contributed by atoms with van der Waals surface area (Å²) in [7, 11) is 0. The van der Waals surface area contributed by atoms with Gasteiger partial charge in [0, 0.05) is 0 Å². The second-order valence-corrected chi connectivity index (χ2v) is 5.14. The molecule has 2 rings (SSSR count). The highest BCUT2D eigenvalue weighted by molar-refractivity contribution is 9.11. The number of rotatable bonds is 1. The first kappa shape index (κ1) is 9.42. The van der Waals surface area contributed by atoms with E-state index in [9.17, 15) is 0 Å². The van der Waals surface area contributed by atoms with Gasteiger partial charge in [-0.2, -0.15) is 0 Å². The maximum atomic E-state index is 5.63. The van der Waals surface area contributed by atoms with E-state index in [1.807, 2.05) is 12.1 Å². The van der Waals surface area contributed by atoms with Crippen LogP contribution in [0.4, 0.5) is 11.5 Å². The lowest BCUT2D eigenvalue weighted by molar-refractivity contribution is 1.05. The standard InChI is InChI=1S/C8H7BrN4S/c9-7-2-1-6(14-7)5-3-4(10)8(11)13-12-5/h1-3H,(H2,10,12)(H2,11,13). The van der Waals surface area contributed by atoms with Crippen molar-refractivity contribution < 1.29 is 0 Å². The Hall–Kier alpha value is -1.14. The molecule has 0 spiro atoms. The van der Waals surface area contributed by atoms with E-state index in [1.165, 1.54) is 0 Å². The molecule has 4 nitrogen and oxygen atoms in total. The van der Waals surface area contributed by atoms with Gasteiger partial charge in [0.25, 0.3) is 0 Å². The Kier molecular flexibility index (Phi) is 2.39. The van der Waals surface area contributed by atoms with Crippen molar-refractivity contribution in [3.63, 3.8) is 0 Å². The molecule has 0 unspecified atom stereocenters. The Bertz CT molecular complexity index is 468. The number of halogens is 1. The second kappa shape index (κ2) is 3.55. The number of nitrogen functional groups attached to an aromatic ring is 2. The first-order valence-electron chi connectivity index (χ1n) is 3.81. The number of nitrogens with zero attached hydrogens (tertiary/aromatic N) is 2. The summed E-state index contributed by atoms with van der Waals surface area (Å²) in [5.41, 5.74) is 12.3. The summed E-state index contributed by atoms with van der Waals surface area (Å²) in [6, 6.07) is 5.63. The monoisotopic (exact) mass is 270 g/mol. The van der Waals surface area contributed by atoms with Crippen LogP contribution in [-0.2, 0) is 0 Å². The van der Waals surface area contributed by atoms with E-state index >= 15 is 0 Å². The van der Waals surface area contributed by atoms with Gasteiger partial charge in [-0.3, -0.25) is 0 Å². The summed E-state index contributed by atoms with van der Waals surface area (Å²) in [5, 5.41) is 7.72. The van der Waals surface area contributed by atoms with Gasteiger partial charge < -0.3 is 11.5 Å². The molecule has 0 fully saturated rings. The van der Waals surface area contributed by atoms with E-state index in [0.717, 1.165) is 14.4 Å². The van der Waals surface area contributed by atoms with Crippen LogP contribution in [0.25, 0.3) is 10.6 Å². The molecule has 14 heavy (non-hydrogen) atoms. The molecule has 0 radical (unpaired) electrons. The molecule has 72 valence electrons. The topological polar surface area (TPSA) is 77.8 Å². The molecule has 4 N–H and O–H groups in total. The molecule has 0 amide bonds. The van der Waals surface area contributed by atoms with E-state index in [4.69, 9.17) is 11.5 Å². The van der Waals surface area contributed by atoms with Gasteiger partial charge in [-0.1, -0.05) is 0 Å². The van der Waals surface area contributed by atoms with E-state index in [2.05, 4.69) is 26.1 Å². The quantitative estimate of drug-likeness (QED) is 0.832. The average molecular weight is 271 g/mol. The predicted molar refractivity (Wildman–Crippen MR) is 61.9 cm³/mol. The van der Waals surface area contributed by atoms with Crippen molar-refractivity contribution in [2.45, 2.75) is 0 Å². The Balaban J connectivity index is 2.47. The molecule has 2 aromatic heterocycles. The fraction of sp³-hybridized carbons (Fsp3) is 0. The minimum atomic E-state index is 0.268. The molecule has 0 aliphatic heterocycles. The number of hydrogen-bond acceptors (Lipinski definition) is 5. The predicted octanol–water partition coefficient (Wildman–Crippen LogP) is 2.13. The van der Waals surface area contributed by atoms with Crippen LogP contribution in [-0.4, -0.2) is 10.2 Å². The molecule has 2 aromatic rings. The Labute approximate surface area is 93.1 Å². The first-order chi connectivity index (χ1) is 6.66. The van der Waals surface area contributed by atoms with Crippen molar-refractivity contribution in [3.05, 3.63) is 22.0 Å². The van der Waals surface area contributed by atoms with Crippen LogP contribution in [0.15, 0.2) is 22.0 Å². The van der Waals surface area contributed by atoms with E-state index in [0.29, 0.717) is 5.69 Å². The second-order valence-electron chi connectivity index (χ2n) is 2.67. The van der Waals surface area contributed by atoms with Crippen LogP contribution in [0.5, 0.6) is 0 Å². The molecule has 0 saturated carbocycles. The van der Waals surface area contributed by atoms with Gasteiger partial charge in [0.2, 0.25) is 0 Å². The lowest BCUT2D eigenvalue weighted by atomic mass is 10.3. The van der Waals surface area contributed by atoms with Gasteiger partial charge in [0.1, 0.15) is 5.69 Å². The summed E-state index contributed by atoms with van der Waals surface area (Å²) >= 11 is 4.95. The summed E-state index contributed by atoms with van der Waals surface area (Å²) in [6.45, 7) is 0. The third-order valence-electron chi connectivity index (χ3n) is 1.68. The molecule has 2 heterocycles. The summed E-state index contributed by atoms with van der Waals surface area (Å²) in [4.78, 5) is 1.01. The van der Waals surface area contributed by atoms with Crippen molar-refractivity contribution in [2.75, 3.05) is 11.5 Å². The Morgan fingerprint density at radius 2 is 2.00 bits per heavy atom. The maximum absolute atomic E-state index is 5.63. The summed E-state index contributed by atoms with van der Waals surface area (Å²) in [5.74, 6) is 0.268. The lowest BCUT2D eigenvalue weighted by Crippen LogP contribution is -2.00. The SMILES string of the molecule is Nc1cc(-c2ccc(Br)s2)nnc1N. The van der Waals surface area contributed by atoms with Crippen molar-refractivity contribution >= 4 is 38.8 Å². The minimum Gasteiger partial charge on any atom is -0.396 e. The third kappa shape index (κ3) is 1.71. The fourth-order valence-electron chi connectivity index (χ4n) is 0.988. The van der Waals surface area contributed by atoms with E-state index < -0.39 is 0 Å². The molecule has 0 aromatic carbocycles. The van der Waals surface area contributed by atoms with Crippen LogP contribution in [0.3, 0.4) is 0 Å². The van der Waals surface area contributed by atoms with Crippen LogP contribution in [0, 0.1) is 0 Å². The van der Waals surface area contributed by atoms with Gasteiger partial charge >= 0.3 is 0 Å². The van der Waals surface area contributed by atoms with E-state index in [-0.39, 0.29) is 5.82 Å². The van der Waals surface area contributed by atoms with Gasteiger partial charge in [-0.25, -0.2) is 0 Å². The summed E-state index contributed by atoms with van der Waals surface area (Å²) < 4.78 is 1.05. The molecule has 0 bridgehead atoms. The van der Waals surface area contributed by atoms with Crippen molar-refractivity contribution in [1.29, 1.82) is 0 Å². The van der Waals surface area contributed by atoms with E-state index in [1.54, 1.807) is 17.4 Å². The number of aromatic nitrogens is 2. The summed E-state index contributed by atoms with van der Waals surface area (Å²) in [6.07, 6.45) is 0. The van der Waals surface area contributed by atoms with Crippen molar-refractivity contribution in [2.24, 2.45) is 0 Å². The number of nitrogens with two attached hydrogens (primary N) is 2. The maximum Gasteiger partial charge on any atom is 0.169 e. The lowest BCUT2D eigenvalue weighted by Gasteiger charge is -1.99. The van der Waals surface area contributed by atoms with Gasteiger partial charge in [0.15, 0.2) is 5.82 Å². The van der Waals surface area contributed by atoms with Crippen LogP contribution < -0.4 is 11.5 Å². The zero-order chi connectivity index (χ0) is 10.1. The Morgan fingerprint density at radius 3 is 2.57 bits per heavy atom. The largest absolute Gasteiger partial charge is 0.396 e. The smallest absolute Gasteiger partial charge is 0.169 e. The molecule has 0 aliphatic carbocycles. The highest BCUT2D eigenvalue weighted by atomic mass is 79.9. The zero-order valence-electron chi connectivity index (χ0n) is 7.07. The molecular weight excluding hydrogens is 264 g/mol. The fourth-order valence-corrected chi connectivity index (χ4v) is 2.33. The normalized spacial score (nSPS) is 10.4. The van der Waals surface area contributed by atoms with Crippen molar-refractivity contribution in [1.82, 2.24) is 10.2 Å². The molecule has 0 atom stereocenters. The first-order valence-corrected chi connectivity index (χ1v) is 5.42. The zero-order valence-corrected chi connectivity index (χ0v) is 9.47. The molecule has 0 saturated heterocycles. The number of thiophene rings is 1. The molecular formula is C8H7BrN4S. The molecule has 6 heteroatoms. The highest BCUT2D eigenvalue weighted by Gasteiger charge is 2.05. The van der Waals surface area contributed by atoms with Crippen LogP contribution >= 0.6 is 27.3 Å².